The van der Waals surface area contributed by atoms with E-state index < -0.39 is 10.8 Å². The quantitative estimate of drug-likeness (QED) is 0.923. The van der Waals surface area contributed by atoms with Gasteiger partial charge in [0.05, 0.1) is 16.0 Å². The second kappa shape index (κ2) is 5.46. The first-order chi connectivity index (χ1) is 9.66. The van der Waals surface area contributed by atoms with E-state index in [9.17, 15) is 8.60 Å². The lowest BCUT2D eigenvalue weighted by atomic mass is 9.88. The van der Waals surface area contributed by atoms with Crippen molar-refractivity contribution in [2.45, 2.75) is 29.0 Å². The maximum Gasteiger partial charge on any atom is 0.123 e. The highest BCUT2D eigenvalue weighted by atomic mass is 32.2. The van der Waals surface area contributed by atoms with Gasteiger partial charge >= 0.3 is 0 Å². The molecule has 0 aliphatic heterocycles. The fraction of sp³-hybridized carbons (Fsp3) is 0.250. The fourth-order valence-electron chi connectivity index (χ4n) is 2.75. The smallest absolute Gasteiger partial charge is 0.123 e. The van der Waals surface area contributed by atoms with Crippen molar-refractivity contribution in [3.8, 4) is 0 Å². The number of nitrogens with two attached hydrogens (primary N) is 1. The van der Waals surface area contributed by atoms with Crippen LogP contribution in [0.25, 0.3) is 0 Å². The van der Waals surface area contributed by atoms with Gasteiger partial charge in [0.15, 0.2) is 0 Å². The molecule has 0 saturated carbocycles. The van der Waals surface area contributed by atoms with Crippen molar-refractivity contribution >= 4 is 10.8 Å². The third kappa shape index (κ3) is 2.41. The molecule has 2 aromatic rings. The van der Waals surface area contributed by atoms with Crippen LogP contribution in [0.15, 0.2) is 53.4 Å². The Labute approximate surface area is 120 Å². The lowest BCUT2D eigenvalue weighted by Gasteiger charge is -2.30. The van der Waals surface area contributed by atoms with E-state index in [1.165, 1.54) is 17.7 Å². The minimum atomic E-state index is -1.21. The summed E-state index contributed by atoms with van der Waals surface area (Å²) in [6.07, 6.45) is 1.68. The number of halogens is 1. The van der Waals surface area contributed by atoms with Gasteiger partial charge in [-0.25, -0.2) is 4.39 Å². The predicted octanol–water partition coefficient (Wildman–Crippen LogP) is 2.95. The molecule has 2 N–H and O–H groups in total. The van der Waals surface area contributed by atoms with Crippen molar-refractivity contribution in [2.24, 2.45) is 5.73 Å². The molecule has 1 aliphatic rings. The van der Waals surface area contributed by atoms with Crippen molar-refractivity contribution in [1.29, 1.82) is 0 Å². The third-order valence-electron chi connectivity index (χ3n) is 3.83. The van der Waals surface area contributed by atoms with Crippen LogP contribution in [0.5, 0.6) is 0 Å². The molecule has 0 fully saturated rings. The second-order valence-electron chi connectivity index (χ2n) is 5.05. The minimum Gasteiger partial charge on any atom is -0.323 e. The first kappa shape index (κ1) is 13.5. The SMILES string of the molecule is NC1c2ccccc2CCC1S(=O)c1ccc(F)cc1. The summed E-state index contributed by atoms with van der Waals surface area (Å²) in [6, 6.07) is 13.7. The average Bonchev–Trinajstić information content (AvgIpc) is 2.48. The van der Waals surface area contributed by atoms with E-state index in [2.05, 4.69) is 6.07 Å². The van der Waals surface area contributed by atoms with Gasteiger partial charge in [-0.3, -0.25) is 4.21 Å². The van der Waals surface area contributed by atoms with Crippen LogP contribution in [0.1, 0.15) is 23.6 Å². The van der Waals surface area contributed by atoms with Crippen LogP contribution in [0.2, 0.25) is 0 Å². The number of fused-ring (bicyclic) bond motifs is 1. The van der Waals surface area contributed by atoms with Crippen molar-refractivity contribution in [3.05, 3.63) is 65.5 Å². The van der Waals surface area contributed by atoms with Gasteiger partial charge in [0.1, 0.15) is 5.82 Å². The highest BCUT2D eigenvalue weighted by Crippen LogP contribution is 2.33. The number of aryl methyl sites for hydroxylation is 1. The van der Waals surface area contributed by atoms with E-state index in [-0.39, 0.29) is 17.1 Å². The van der Waals surface area contributed by atoms with Crippen molar-refractivity contribution in [1.82, 2.24) is 0 Å². The maximum atomic E-state index is 12.9. The molecular weight excluding hydrogens is 273 g/mol. The molecule has 104 valence electrons. The Morgan fingerprint density at radius 1 is 1.10 bits per heavy atom. The molecule has 3 atom stereocenters. The fourth-order valence-corrected chi connectivity index (χ4v) is 4.25. The third-order valence-corrected chi connectivity index (χ3v) is 5.65. The van der Waals surface area contributed by atoms with Gasteiger partial charge in [0.25, 0.3) is 0 Å². The maximum absolute atomic E-state index is 12.9. The molecule has 0 radical (unpaired) electrons. The zero-order chi connectivity index (χ0) is 14.1. The predicted molar refractivity (Wildman–Crippen MR) is 78.3 cm³/mol. The molecule has 1 aliphatic carbocycles. The van der Waals surface area contributed by atoms with Gasteiger partial charge in [-0.1, -0.05) is 24.3 Å². The molecule has 0 heterocycles. The summed E-state index contributed by atoms with van der Waals surface area (Å²) < 4.78 is 25.6. The van der Waals surface area contributed by atoms with Crippen LogP contribution in [-0.4, -0.2) is 9.46 Å². The van der Waals surface area contributed by atoms with Gasteiger partial charge in [0.2, 0.25) is 0 Å². The highest BCUT2D eigenvalue weighted by Gasteiger charge is 2.31. The minimum absolute atomic E-state index is 0.115. The molecule has 2 aromatic carbocycles. The van der Waals surface area contributed by atoms with Gasteiger partial charge < -0.3 is 5.73 Å². The summed E-state index contributed by atoms with van der Waals surface area (Å²) in [7, 11) is -1.21. The number of rotatable bonds is 2. The normalized spacial score (nSPS) is 23.1. The van der Waals surface area contributed by atoms with Gasteiger partial charge in [0, 0.05) is 10.9 Å². The lowest BCUT2D eigenvalue weighted by Crippen LogP contribution is -2.34. The van der Waals surface area contributed by atoms with Crippen LogP contribution in [0.3, 0.4) is 0 Å². The topological polar surface area (TPSA) is 43.1 Å². The molecule has 2 nitrogen and oxygen atoms in total. The van der Waals surface area contributed by atoms with Crippen molar-refractivity contribution in [2.75, 3.05) is 0 Å². The number of hydrogen-bond donors (Lipinski definition) is 1. The summed E-state index contributed by atoms with van der Waals surface area (Å²) >= 11 is 0. The average molecular weight is 289 g/mol. The largest absolute Gasteiger partial charge is 0.323 e. The van der Waals surface area contributed by atoms with Gasteiger partial charge in [-0.15, -0.1) is 0 Å². The van der Waals surface area contributed by atoms with Gasteiger partial charge in [-0.05, 0) is 48.2 Å². The Morgan fingerprint density at radius 2 is 1.80 bits per heavy atom. The van der Waals surface area contributed by atoms with Crippen LogP contribution < -0.4 is 5.73 Å². The zero-order valence-corrected chi connectivity index (χ0v) is 11.8. The Hall–Kier alpha value is -1.52. The number of hydrogen-bond acceptors (Lipinski definition) is 2. The molecule has 20 heavy (non-hydrogen) atoms. The molecular formula is C16H16FNOS. The lowest BCUT2D eigenvalue weighted by molar-refractivity contribution is 0.563. The first-order valence-electron chi connectivity index (χ1n) is 6.66. The Bertz CT molecular complexity index is 641. The standard InChI is InChI=1S/C16H16FNOS/c17-12-6-8-13(9-7-12)20(19)15-10-5-11-3-1-2-4-14(11)16(15)18/h1-4,6-9,15-16H,5,10,18H2. The molecule has 3 unspecified atom stereocenters. The van der Waals surface area contributed by atoms with Crippen LogP contribution in [0, 0.1) is 5.82 Å². The first-order valence-corrected chi connectivity index (χ1v) is 7.87. The monoisotopic (exact) mass is 289 g/mol. The molecule has 4 heteroatoms. The Balaban J connectivity index is 1.89. The highest BCUT2D eigenvalue weighted by molar-refractivity contribution is 7.85. The number of benzene rings is 2. The molecule has 0 spiro atoms. The summed E-state index contributed by atoms with van der Waals surface area (Å²) in [4.78, 5) is 0.645. The van der Waals surface area contributed by atoms with Crippen LogP contribution >= 0.6 is 0 Å². The molecule has 0 saturated heterocycles. The van der Waals surface area contributed by atoms with E-state index >= 15 is 0 Å². The van der Waals surface area contributed by atoms with Crippen molar-refractivity contribution in [3.63, 3.8) is 0 Å². The summed E-state index contributed by atoms with van der Waals surface area (Å²) in [5.74, 6) is -0.316. The Morgan fingerprint density at radius 3 is 2.55 bits per heavy atom. The summed E-state index contributed by atoms with van der Waals surface area (Å²) in [6.45, 7) is 0. The van der Waals surface area contributed by atoms with Crippen LogP contribution in [-0.2, 0) is 17.2 Å². The van der Waals surface area contributed by atoms with Crippen LogP contribution in [0.4, 0.5) is 4.39 Å². The van der Waals surface area contributed by atoms with E-state index in [4.69, 9.17) is 5.73 Å². The molecule has 3 rings (SSSR count). The van der Waals surface area contributed by atoms with E-state index in [1.54, 1.807) is 12.1 Å². The van der Waals surface area contributed by atoms with Crippen molar-refractivity contribution < 1.29 is 8.60 Å². The Kier molecular flexibility index (Phi) is 3.68. The zero-order valence-electron chi connectivity index (χ0n) is 11.0. The summed E-state index contributed by atoms with van der Waals surface area (Å²) in [5, 5.41) is -0.115. The van der Waals surface area contributed by atoms with E-state index in [0.29, 0.717) is 4.90 Å². The van der Waals surface area contributed by atoms with E-state index in [1.807, 2.05) is 18.2 Å². The summed E-state index contributed by atoms with van der Waals surface area (Å²) in [5.41, 5.74) is 8.62. The second-order valence-corrected chi connectivity index (χ2v) is 6.72. The molecule has 0 bridgehead atoms. The molecule has 0 amide bonds. The van der Waals surface area contributed by atoms with E-state index in [0.717, 1.165) is 18.4 Å². The molecule has 0 aromatic heterocycles. The van der Waals surface area contributed by atoms with Gasteiger partial charge in [-0.2, -0.15) is 0 Å².